The fourth-order valence-electron chi connectivity index (χ4n) is 3.40. The lowest BCUT2D eigenvalue weighted by Crippen LogP contribution is -2.63. The van der Waals surface area contributed by atoms with Crippen LogP contribution < -0.4 is 0 Å². The highest BCUT2D eigenvalue weighted by molar-refractivity contribution is 7.91. The Labute approximate surface area is 140 Å². The van der Waals surface area contributed by atoms with Gasteiger partial charge in [-0.05, 0) is 0 Å². The first-order chi connectivity index (χ1) is 11.2. The van der Waals surface area contributed by atoms with E-state index in [4.69, 9.17) is 0 Å². The SMILES string of the molecule is CN(C)C(=O)N1CCN(C(=O)c2cnn(C)c2)[C@H]2CS(=O)(=O)C[C@H]21. The molecule has 1 aromatic rings. The Balaban J connectivity index is 1.90. The lowest BCUT2D eigenvalue weighted by molar-refractivity contribution is 0.0393. The number of rotatable bonds is 1. The van der Waals surface area contributed by atoms with Crippen molar-refractivity contribution in [3.63, 3.8) is 0 Å². The molecule has 0 unspecified atom stereocenters. The van der Waals surface area contributed by atoms with Gasteiger partial charge in [0.25, 0.3) is 5.91 Å². The standard InChI is InChI=1S/C14H21N5O4S/c1-16(2)14(21)19-5-4-18(11-8-24(22,23)9-12(11)19)13(20)10-6-15-17(3)7-10/h6-7,11-12H,4-5,8-9H2,1-3H3/t11-,12+/m0/s1. The van der Waals surface area contributed by atoms with Crippen molar-refractivity contribution in [2.75, 3.05) is 38.7 Å². The molecule has 0 N–H and O–H groups in total. The van der Waals surface area contributed by atoms with Gasteiger partial charge < -0.3 is 14.7 Å². The molecule has 9 nitrogen and oxygen atoms in total. The second-order valence-corrected chi connectivity index (χ2v) is 8.64. The molecule has 2 aliphatic rings. The van der Waals surface area contributed by atoms with Crippen LogP contribution in [0.15, 0.2) is 12.4 Å². The summed E-state index contributed by atoms with van der Waals surface area (Å²) in [7, 11) is 1.69. The molecule has 2 saturated heterocycles. The van der Waals surface area contributed by atoms with Crippen LogP contribution in [0.1, 0.15) is 10.4 Å². The molecule has 2 atom stereocenters. The summed E-state index contributed by atoms with van der Waals surface area (Å²) in [4.78, 5) is 29.7. The highest BCUT2D eigenvalue weighted by atomic mass is 32.2. The van der Waals surface area contributed by atoms with Gasteiger partial charge in [-0.3, -0.25) is 9.48 Å². The third-order valence-electron chi connectivity index (χ3n) is 4.52. The summed E-state index contributed by atoms with van der Waals surface area (Å²) >= 11 is 0. The highest BCUT2D eigenvalue weighted by Gasteiger charge is 2.49. The first-order valence-electron chi connectivity index (χ1n) is 7.67. The molecule has 10 heteroatoms. The number of hydrogen-bond acceptors (Lipinski definition) is 5. The van der Waals surface area contributed by atoms with Gasteiger partial charge >= 0.3 is 6.03 Å². The number of hydrogen-bond donors (Lipinski definition) is 0. The first kappa shape index (κ1) is 16.7. The molecule has 0 aromatic carbocycles. The van der Waals surface area contributed by atoms with E-state index in [-0.39, 0.29) is 23.4 Å². The third-order valence-corrected chi connectivity index (χ3v) is 6.22. The van der Waals surface area contributed by atoms with Gasteiger partial charge in [-0.25, -0.2) is 13.2 Å². The van der Waals surface area contributed by atoms with Crippen LogP contribution in [0.2, 0.25) is 0 Å². The van der Waals surface area contributed by atoms with Crippen molar-refractivity contribution in [3.05, 3.63) is 18.0 Å². The number of piperazine rings is 1. The summed E-state index contributed by atoms with van der Waals surface area (Å²) in [5, 5.41) is 3.99. The zero-order valence-corrected chi connectivity index (χ0v) is 14.7. The van der Waals surface area contributed by atoms with Crippen molar-refractivity contribution >= 4 is 21.8 Å². The van der Waals surface area contributed by atoms with Crippen molar-refractivity contribution in [1.82, 2.24) is 24.5 Å². The molecule has 3 rings (SSSR count). The molecule has 3 heterocycles. The van der Waals surface area contributed by atoms with Gasteiger partial charge in [0.15, 0.2) is 9.84 Å². The maximum Gasteiger partial charge on any atom is 0.319 e. The largest absolute Gasteiger partial charge is 0.331 e. The van der Waals surface area contributed by atoms with E-state index in [1.807, 2.05) is 0 Å². The molecule has 0 spiro atoms. The Morgan fingerprint density at radius 1 is 1.17 bits per heavy atom. The highest BCUT2D eigenvalue weighted by Crippen LogP contribution is 2.28. The lowest BCUT2D eigenvalue weighted by Gasteiger charge is -2.44. The van der Waals surface area contributed by atoms with Crippen LogP contribution in [-0.4, -0.2) is 95.6 Å². The second-order valence-electron chi connectivity index (χ2n) is 6.48. The number of amides is 3. The minimum atomic E-state index is -3.29. The van der Waals surface area contributed by atoms with Crippen molar-refractivity contribution in [1.29, 1.82) is 0 Å². The van der Waals surface area contributed by atoms with Gasteiger partial charge in [0.05, 0.1) is 35.3 Å². The van der Waals surface area contributed by atoms with E-state index in [0.717, 1.165) is 0 Å². The molecule has 24 heavy (non-hydrogen) atoms. The van der Waals surface area contributed by atoms with Gasteiger partial charge in [0.1, 0.15) is 0 Å². The first-order valence-corrected chi connectivity index (χ1v) is 9.50. The predicted octanol–water partition coefficient (Wildman–Crippen LogP) is -0.975. The van der Waals surface area contributed by atoms with E-state index in [9.17, 15) is 18.0 Å². The number of sulfone groups is 1. The molecule has 2 fully saturated rings. The zero-order chi connectivity index (χ0) is 17.6. The Morgan fingerprint density at radius 2 is 1.75 bits per heavy atom. The van der Waals surface area contributed by atoms with Crippen LogP contribution in [0, 0.1) is 0 Å². The van der Waals surface area contributed by atoms with Crippen molar-refractivity contribution in [2.45, 2.75) is 12.1 Å². The zero-order valence-electron chi connectivity index (χ0n) is 13.9. The summed E-state index contributed by atoms with van der Waals surface area (Å²) < 4.78 is 25.8. The maximum absolute atomic E-state index is 12.7. The average molecular weight is 355 g/mol. The smallest absolute Gasteiger partial charge is 0.319 e. The van der Waals surface area contributed by atoms with Crippen molar-refractivity contribution in [3.8, 4) is 0 Å². The number of nitrogens with zero attached hydrogens (tertiary/aromatic N) is 5. The van der Waals surface area contributed by atoms with Gasteiger partial charge in [-0.2, -0.15) is 5.10 Å². The van der Waals surface area contributed by atoms with Crippen LogP contribution in [0.25, 0.3) is 0 Å². The third kappa shape index (κ3) is 2.85. The summed E-state index contributed by atoms with van der Waals surface area (Å²) in [6, 6.07) is -1.24. The quantitative estimate of drug-likeness (QED) is 0.646. The number of aromatic nitrogens is 2. The monoisotopic (exact) mass is 355 g/mol. The molecular formula is C14H21N5O4S. The molecule has 2 aliphatic heterocycles. The minimum absolute atomic E-state index is 0.103. The van der Waals surface area contributed by atoms with Crippen molar-refractivity contribution < 1.29 is 18.0 Å². The molecule has 3 amide bonds. The van der Waals surface area contributed by atoms with Gasteiger partial charge in [0, 0.05) is 40.4 Å². The molecule has 132 valence electrons. The average Bonchev–Trinajstić information content (AvgIpc) is 3.06. The summed E-state index contributed by atoms with van der Waals surface area (Å²) in [5.41, 5.74) is 0.424. The maximum atomic E-state index is 12.7. The number of carbonyl (C=O) groups excluding carboxylic acids is 2. The number of fused-ring (bicyclic) bond motifs is 1. The van der Waals surface area contributed by atoms with E-state index in [1.54, 1.807) is 37.1 Å². The fourth-order valence-corrected chi connectivity index (χ4v) is 5.38. The van der Waals surface area contributed by atoms with Crippen LogP contribution in [0.5, 0.6) is 0 Å². The van der Waals surface area contributed by atoms with Crippen LogP contribution >= 0.6 is 0 Å². The Kier molecular flexibility index (Phi) is 4.02. The predicted molar refractivity (Wildman–Crippen MR) is 86.3 cm³/mol. The second kappa shape index (κ2) is 5.76. The number of carbonyl (C=O) groups is 2. The van der Waals surface area contributed by atoms with Crippen LogP contribution in [-0.2, 0) is 16.9 Å². The number of urea groups is 1. The molecule has 0 saturated carbocycles. The van der Waals surface area contributed by atoms with Gasteiger partial charge in [0.2, 0.25) is 0 Å². The van der Waals surface area contributed by atoms with E-state index >= 15 is 0 Å². The summed E-state index contributed by atoms with van der Waals surface area (Å²) in [6.07, 6.45) is 3.08. The topological polar surface area (TPSA) is 95.8 Å². The summed E-state index contributed by atoms with van der Waals surface area (Å²) in [5.74, 6) is -0.457. The Bertz CT molecular complexity index is 772. The van der Waals surface area contributed by atoms with E-state index in [2.05, 4.69) is 5.10 Å². The lowest BCUT2D eigenvalue weighted by atomic mass is 10.0. The molecule has 0 bridgehead atoms. The molecule has 0 radical (unpaired) electrons. The van der Waals surface area contributed by atoms with Gasteiger partial charge in [-0.1, -0.05) is 0 Å². The van der Waals surface area contributed by atoms with E-state index in [1.165, 1.54) is 15.8 Å². The van der Waals surface area contributed by atoms with Crippen LogP contribution in [0.3, 0.4) is 0 Å². The molecular weight excluding hydrogens is 334 g/mol. The van der Waals surface area contributed by atoms with Gasteiger partial charge in [-0.15, -0.1) is 0 Å². The van der Waals surface area contributed by atoms with Crippen molar-refractivity contribution in [2.24, 2.45) is 7.05 Å². The van der Waals surface area contributed by atoms with Crippen LogP contribution in [0.4, 0.5) is 4.79 Å². The Hall–Kier alpha value is -2.10. The minimum Gasteiger partial charge on any atom is -0.331 e. The van der Waals surface area contributed by atoms with E-state index in [0.29, 0.717) is 18.7 Å². The summed E-state index contributed by atoms with van der Waals surface area (Å²) in [6.45, 7) is 0.629. The molecule has 0 aliphatic carbocycles. The molecule has 1 aromatic heterocycles. The normalized spacial score (nSPS) is 25.5. The van der Waals surface area contributed by atoms with E-state index < -0.39 is 21.9 Å². The Morgan fingerprint density at radius 3 is 2.29 bits per heavy atom. The fraction of sp³-hybridized carbons (Fsp3) is 0.643. The number of aryl methyl sites for hydroxylation is 1.